The Balaban J connectivity index is 2.13. The third kappa shape index (κ3) is 3.10. The van der Waals surface area contributed by atoms with Crippen LogP contribution in [0.4, 0.5) is 0 Å². The van der Waals surface area contributed by atoms with Crippen molar-refractivity contribution in [1.82, 2.24) is 5.32 Å². The van der Waals surface area contributed by atoms with E-state index in [4.69, 9.17) is 0 Å². The van der Waals surface area contributed by atoms with Gasteiger partial charge in [-0.25, -0.2) is 0 Å². The predicted molar refractivity (Wildman–Crippen MR) is 71.7 cm³/mol. The Morgan fingerprint density at radius 1 is 1.17 bits per heavy atom. The second-order valence-corrected chi connectivity index (χ2v) is 5.61. The van der Waals surface area contributed by atoms with Crippen LogP contribution in [0.5, 0.6) is 0 Å². The van der Waals surface area contributed by atoms with Crippen LogP contribution in [0.3, 0.4) is 0 Å². The van der Waals surface area contributed by atoms with E-state index in [0.29, 0.717) is 16.5 Å². The summed E-state index contributed by atoms with van der Waals surface area (Å²) in [4.78, 5) is 0. The molecule has 0 amide bonds. The van der Waals surface area contributed by atoms with Crippen LogP contribution < -0.4 is 5.32 Å². The fraction of sp³-hybridized carbons (Fsp3) is 0.538. The van der Waals surface area contributed by atoms with E-state index in [1.54, 1.807) is 24.3 Å². The molecule has 0 bridgehead atoms. The van der Waals surface area contributed by atoms with Gasteiger partial charge in [0.15, 0.2) is 0 Å². The van der Waals surface area contributed by atoms with E-state index in [1.807, 2.05) is 0 Å². The van der Waals surface area contributed by atoms with Crippen molar-refractivity contribution in [1.29, 1.82) is 0 Å². The average molecular weight is 316 g/mol. The molecule has 0 heterocycles. The van der Waals surface area contributed by atoms with Crippen LogP contribution in [-0.2, 0) is 5.91 Å². The highest BCUT2D eigenvalue weighted by Crippen LogP contribution is 2.27. The van der Waals surface area contributed by atoms with E-state index in [2.05, 4.69) is 21.2 Å². The summed E-state index contributed by atoms with van der Waals surface area (Å²) in [6.07, 6.45) is 2.89. The lowest BCUT2D eigenvalue weighted by atomic mass is 9.92. The van der Waals surface area contributed by atoms with Crippen molar-refractivity contribution in [3.63, 3.8) is 0 Å². The quantitative estimate of drug-likeness (QED) is 0.637. The van der Waals surface area contributed by atoms with Crippen LogP contribution in [0.15, 0.2) is 28.7 Å². The molecule has 100 valence electrons. The minimum Gasteiger partial charge on any atom is -0.392 e. The number of hydrogen-bond acceptors (Lipinski definition) is 4. The molecule has 1 saturated carbocycles. The Bertz CT molecular complexity index is 411. The maximum atomic E-state index is 10.1. The lowest BCUT2D eigenvalue weighted by Crippen LogP contribution is -2.53. The fourth-order valence-electron chi connectivity index (χ4n) is 2.36. The second-order valence-electron chi connectivity index (χ2n) is 4.75. The van der Waals surface area contributed by atoms with Gasteiger partial charge in [-0.3, -0.25) is 5.32 Å². The van der Waals surface area contributed by atoms with Crippen molar-refractivity contribution >= 4 is 15.9 Å². The lowest BCUT2D eigenvalue weighted by Gasteiger charge is -2.34. The summed E-state index contributed by atoms with van der Waals surface area (Å²) in [6.45, 7) is 0. The maximum Gasteiger partial charge on any atom is 0.252 e. The molecule has 1 aliphatic rings. The summed E-state index contributed by atoms with van der Waals surface area (Å²) in [6, 6.07) is 6.63. The molecule has 4 nitrogen and oxygen atoms in total. The number of rotatable bonds is 3. The molecule has 1 aromatic carbocycles. The van der Waals surface area contributed by atoms with Crippen LogP contribution in [0.2, 0.25) is 0 Å². The highest BCUT2D eigenvalue weighted by Gasteiger charge is 2.34. The summed E-state index contributed by atoms with van der Waals surface area (Å²) in [5.41, 5.74) is 0.350. The number of nitrogens with one attached hydrogen (secondary N) is 1. The molecule has 0 unspecified atom stereocenters. The fourth-order valence-corrected chi connectivity index (χ4v) is 2.92. The van der Waals surface area contributed by atoms with Gasteiger partial charge in [-0.1, -0.05) is 47.0 Å². The molecule has 2 atom stereocenters. The monoisotopic (exact) mass is 315 g/mol. The van der Waals surface area contributed by atoms with Gasteiger partial charge in [0.2, 0.25) is 0 Å². The Morgan fingerprint density at radius 2 is 1.83 bits per heavy atom. The van der Waals surface area contributed by atoms with Crippen LogP contribution >= 0.6 is 15.9 Å². The smallest absolute Gasteiger partial charge is 0.252 e. The summed E-state index contributed by atoms with van der Waals surface area (Å²) in [7, 11) is 0. The SMILES string of the molecule is O[C@@H]1CCCC[C@H]1NC(O)(O)c1ccccc1Br. The van der Waals surface area contributed by atoms with Gasteiger partial charge in [-0.15, -0.1) is 0 Å². The zero-order valence-electron chi connectivity index (χ0n) is 10.0. The number of benzene rings is 1. The van der Waals surface area contributed by atoms with E-state index < -0.39 is 12.0 Å². The molecule has 4 N–H and O–H groups in total. The molecule has 2 rings (SSSR count). The molecule has 0 aromatic heterocycles. The Kier molecular flexibility index (Phi) is 4.40. The van der Waals surface area contributed by atoms with Crippen LogP contribution in [0.25, 0.3) is 0 Å². The number of halogens is 1. The molecule has 1 aliphatic carbocycles. The predicted octanol–water partition coefficient (Wildman–Crippen LogP) is 1.44. The number of hydrogen-bond donors (Lipinski definition) is 4. The van der Waals surface area contributed by atoms with E-state index in [9.17, 15) is 15.3 Å². The summed E-state index contributed by atoms with van der Waals surface area (Å²) >= 11 is 3.29. The van der Waals surface area contributed by atoms with Crippen molar-refractivity contribution in [2.24, 2.45) is 0 Å². The van der Waals surface area contributed by atoms with Crippen molar-refractivity contribution in [2.45, 2.75) is 43.7 Å². The van der Waals surface area contributed by atoms with Crippen LogP contribution in [0.1, 0.15) is 31.2 Å². The first-order valence-corrected chi connectivity index (χ1v) is 6.95. The van der Waals surface area contributed by atoms with Gasteiger partial charge in [-0.2, -0.15) is 0 Å². The summed E-state index contributed by atoms with van der Waals surface area (Å²) in [5.74, 6) is -2.14. The van der Waals surface area contributed by atoms with Crippen molar-refractivity contribution < 1.29 is 15.3 Å². The molecule has 18 heavy (non-hydrogen) atoms. The van der Waals surface area contributed by atoms with Crippen molar-refractivity contribution in [3.8, 4) is 0 Å². The summed E-state index contributed by atoms with van der Waals surface area (Å²) in [5, 5.41) is 32.9. The molecule has 0 saturated heterocycles. The van der Waals surface area contributed by atoms with Crippen LogP contribution in [0, 0.1) is 0 Å². The molecular formula is C13H18BrNO3. The van der Waals surface area contributed by atoms with Crippen LogP contribution in [-0.4, -0.2) is 27.5 Å². The molecular weight excluding hydrogens is 298 g/mol. The molecule has 5 heteroatoms. The second kappa shape index (κ2) is 5.67. The topological polar surface area (TPSA) is 72.7 Å². The van der Waals surface area contributed by atoms with Crippen molar-refractivity contribution in [3.05, 3.63) is 34.3 Å². The first-order valence-electron chi connectivity index (χ1n) is 6.16. The van der Waals surface area contributed by atoms with Gasteiger partial charge in [0, 0.05) is 16.1 Å². The number of aliphatic hydroxyl groups is 3. The first kappa shape index (κ1) is 14.0. The van der Waals surface area contributed by atoms with Crippen molar-refractivity contribution in [2.75, 3.05) is 0 Å². The van der Waals surface area contributed by atoms with Gasteiger partial charge in [-0.05, 0) is 18.9 Å². The lowest BCUT2D eigenvalue weighted by molar-refractivity contribution is -0.208. The summed E-state index contributed by atoms with van der Waals surface area (Å²) < 4.78 is 0.618. The maximum absolute atomic E-state index is 10.1. The standard InChI is InChI=1S/C13H18BrNO3/c14-10-6-2-1-5-9(10)13(17,18)15-11-7-3-4-8-12(11)16/h1-2,5-6,11-12,15-18H,3-4,7-8H2/t11-,12-/m1/s1. The Hall–Kier alpha value is -0.460. The zero-order valence-corrected chi connectivity index (χ0v) is 11.6. The molecule has 0 radical (unpaired) electrons. The highest BCUT2D eigenvalue weighted by atomic mass is 79.9. The van der Waals surface area contributed by atoms with E-state index in [0.717, 1.165) is 19.3 Å². The third-order valence-corrected chi connectivity index (χ3v) is 4.06. The van der Waals surface area contributed by atoms with Gasteiger partial charge >= 0.3 is 0 Å². The molecule has 0 spiro atoms. The minimum absolute atomic E-state index is 0.291. The largest absolute Gasteiger partial charge is 0.392 e. The average Bonchev–Trinajstić information content (AvgIpc) is 2.32. The highest BCUT2D eigenvalue weighted by molar-refractivity contribution is 9.10. The first-order chi connectivity index (χ1) is 8.50. The van der Waals surface area contributed by atoms with E-state index in [1.165, 1.54) is 0 Å². The third-order valence-electron chi connectivity index (χ3n) is 3.37. The zero-order chi connectivity index (χ0) is 13.2. The molecule has 0 aliphatic heterocycles. The normalized spacial score (nSPS) is 25.1. The van der Waals surface area contributed by atoms with E-state index >= 15 is 0 Å². The molecule has 1 fully saturated rings. The molecule has 1 aromatic rings. The Labute approximate surface area is 115 Å². The van der Waals surface area contributed by atoms with Gasteiger partial charge < -0.3 is 15.3 Å². The van der Waals surface area contributed by atoms with Gasteiger partial charge in [0.05, 0.1) is 6.10 Å². The van der Waals surface area contributed by atoms with E-state index in [-0.39, 0.29) is 6.04 Å². The Morgan fingerprint density at radius 3 is 2.50 bits per heavy atom. The number of aliphatic hydroxyl groups excluding tert-OH is 1. The minimum atomic E-state index is -2.14. The van der Waals surface area contributed by atoms with Gasteiger partial charge in [0.1, 0.15) is 0 Å². The van der Waals surface area contributed by atoms with Gasteiger partial charge in [0.25, 0.3) is 5.91 Å².